The van der Waals surface area contributed by atoms with Crippen LogP contribution in [0.15, 0.2) is 42.5 Å². The van der Waals surface area contributed by atoms with E-state index >= 15 is 0 Å². The fourth-order valence-electron chi connectivity index (χ4n) is 1.99. The molecule has 124 valence electrons. The van der Waals surface area contributed by atoms with Crippen LogP contribution >= 0.6 is 11.6 Å². The third-order valence-corrected chi connectivity index (χ3v) is 3.43. The molecule has 2 aromatic rings. The number of hydrogen-bond acceptors (Lipinski definition) is 3. The second kappa shape index (κ2) is 8.27. The van der Waals surface area contributed by atoms with Crippen molar-refractivity contribution >= 4 is 23.2 Å². The number of rotatable bonds is 6. The summed E-state index contributed by atoms with van der Waals surface area (Å²) in [5.41, 5.74) is 0.449. The molecule has 0 spiro atoms. The highest BCUT2D eigenvalue weighted by atomic mass is 35.5. The molecule has 7 heteroatoms. The molecule has 4 nitrogen and oxygen atoms in total. The van der Waals surface area contributed by atoms with Crippen molar-refractivity contribution in [3.63, 3.8) is 0 Å². The average Bonchev–Trinajstić information content (AvgIpc) is 2.56. The summed E-state index contributed by atoms with van der Waals surface area (Å²) in [6.45, 7) is -0.213. The van der Waals surface area contributed by atoms with E-state index < -0.39 is 17.5 Å². The van der Waals surface area contributed by atoms with Gasteiger partial charge in [0.15, 0.2) is 6.61 Å². The Balaban J connectivity index is 2.10. The highest BCUT2D eigenvalue weighted by molar-refractivity contribution is 6.32. The minimum atomic E-state index is -0.513. The molecule has 0 aliphatic carbocycles. The SMILES string of the molecule is N#CCCN(C(=O)COc1ccc(F)cc1Cl)c1ccc(F)cc1. The van der Waals surface area contributed by atoms with Crippen LogP contribution in [-0.2, 0) is 4.79 Å². The second-order valence-corrected chi connectivity index (χ2v) is 5.20. The Bertz CT molecular complexity index is 760. The Morgan fingerprint density at radius 1 is 1.17 bits per heavy atom. The third kappa shape index (κ3) is 4.67. The zero-order chi connectivity index (χ0) is 17.5. The van der Waals surface area contributed by atoms with Crippen LogP contribution in [0.2, 0.25) is 5.02 Å². The molecule has 2 aromatic carbocycles. The first kappa shape index (κ1) is 17.7. The lowest BCUT2D eigenvalue weighted by atomic mass is 10.2. The molecule has 0 heterocycles. The number of halogens is 3. The monoisotopic (exact) mass is 350 g/mol. The molecule has 0 atom stereocenters. The molecule has 0 unspecified atom stereocenters. The van der Waals surface area contributed by atoms with Gasteiger partial charge in [-0.2, -0.15) is 5.26 Å². The topological polar surface area (TPSA) is 53.3 Å². The standard InChI is InChI=1S/C17H13ClF2N2O2/c18-15-10-13(20)4-7-16(15)24-11-17(23)22(9-1-8-21)14-5-2-12(19)3-6-14/h2-7,10H,1,9,11H2. The Hall–Kier alpha value is -2.65. The van der Waals surface area contributed by atoms with Crippen molar-refractivity contribution in [1.82, 2.24) is 0 Å². The summed E-state index contributed by atoms with van der Waals surface area (Å²) in [6, 6.07) is 10.8. The minimum absolute atomic E-state index is 0.0492. The molecule has 0 radical (unpaired) electrons. The minimum Gasteiger partial charge on any atom is -0.482 e. The fraction of sp³-hybridized carbons (Fsp3) is 0.176. The number of nitriles is 1. The van der Waals surface area contributed by atoms with Crippen molar-refractivity contribution < 1.29 is 18.3 Å². The van der Waals surface area contributed by atoms with Crippen LogP contribution in [-0.4, -0.2) is 19.1 Å². The van der Waals surface area contributed by atoms with E-state index in [4.69, 9.17) is 21.6 Å². The van der Waals surface area contributed by atoms with Crippen LogP contribution in [0.5, 0.6) is 5.75 Å². The van der Waals surface area contributed by atoms with Gasteiger partial charge in [0, 0.05) is 12.2 Å². The summed E-state index contributed by atoms with van der Waals surface area (Å²) < 4.78 is 31.3. The number of hydrogen-bond donors (Lipinski definition) is 0. The van der Waals surface area contributed by atoms with Crippen molar-refractivity contribution in [3.05, 3.63) is 59.1 Å². The Morgan fingerprint density at radius 3 is 2.46 bits per heavy atom. The van der Waals surface area contributed by atoms with E-state index in [9.17, 15) is 13.6 Å². The summed E-state index contributed by atoms with van der Waals surface area (Å²) in [5, 5.41) is 8.78. The van der Waals surface area contributed by atoms with Gasteiger partial charge < -0.3 is 9.64 Å². The molecule has 0 saturated heterocycles. The molecule has 0 fully saturated rings. The van der Waals surface area contributed by atoms with Crippen LogP contribution in [0.3, 0.4) is 0 Å². The molecule has 2 rings (SSSR count). The fourth-order valence-corrected chi connectivity index (χ4v) is 2.21. The van der Waals surface area contributed by atoms with Crippen LogP contribution in [0.4, 0.5) is 14.5 Å². The first-order valence-corrected chi connectivity index (χ1v) is 7.40. The van der Waals surface area contributed by atoms with Gasteiger partial charge in [0.1, 0.15) is 17.4 Å². The molecule has 0 aliphatic heterocycles. The zero-order valence-corrected chi connectivity index (χ0v) is 13.3. The van der Waals surface area contributed by atoms with Gasteiger partial charge in [0.05, 0.1) is 17.5 Å². The molecule has 0 saturated carbocycles. The van der Waals surface area contributed by atoms with E-state index in [2.05, 4.69) is 0 Å². The van der Waals surface area contributed by atoms with E-state index in [1.165, 1.54) is 41.3 Å². The van der Waals surface area contributed by atoms with Crippen molar-refractivity contribution in [3.8, 4) is 11.8 Å². The first-order chi connectivity index (χ1) is 11.5. The van der Waals surface area contributed by atoms with E-state index in [1.807, 2.05) is 6.07 Å². The average molecular weight is 351 g/mol. The van der Waals surface area contributed by atoms with Crippen molar-refractivity contribution in [2.45, 2.75) is 6.42 Å². The van der Waals surface area contributed by atoms with Crippen molar-refractivity contribution in [2.24, 2.45) is 0 Å². The first-order valence-electron chi connectivity index (χ1n) is 7.02. The summed E-state index contributed by atoms with van der Waals surface area (Å²) in [7, 11) is 0. The molecule has 1 amide bonds. The lowest BCUT2D eigenvalue weighted by Crippen LogP contribution is -2.35. The van der Waals surface area contributed by atoms with Crippen molar-refractivity contribution in [2.75, 3.05) is 18.1 Å². The van der Waals surface area contributed by atoms with Gasteiger partial charge in [0.25, 0.3) is 5.91 Å². The quantitative estimate of drug-likeness (QED) is 0.792. The van der Waals surface area contributed by atoms with Crippen molar-refractivity contribution in [1.29, 1.82) is 5.26 Å². The molecule has 0 bridgehead atoms. The van der Waals surface area contributed by atoms with Gasteiger partial charge in [-0.25, -0.2) is 8.78 Å². The maximum Gasteiger partial charge on any atom is 0.264 e. The lowest BCUT2D eigenvalue weighted by Gasteiger charge is -2.22. The number of carbonyl (C=O) groups is 1. The number of anilines is 1. The molecule has 24 heavy (non-hydrogen) atoms. The maximum atomic E-state index is 13.0. The third-order valence-electron chi connectivity index (χ3n) is 3.13. The van der Waals surface area contributed by atoms with Crippen LogP contribution in [0.1, 0.15) is 6.42 Å². The number of carbonyl (C=O) groups excluding carboxylic acids is 1. The van der Waals surface area contributed by atoms with Gasteiger partial charge in [-0.05, 0) is 42.5 Å². The maximum absolute atomic E-state index is 13.0. The molecule has 0 N–H and O–H groups in total. The largest absolute Gasteiger partial charge is 0.482 e. The Labute approximate surface area is 142 Å². The molecule has 0 aliphatic rings. The molecular formula is C17H13ClF2N2O2. The Morgan fingerprint density at radius 2 is 1.83 bits per heavy atom. The predicted octanol–water partition coefficient (Wildman–Crippen LogP) is 3.94. The lowest BCUT2D eigenvalue weighted by molar-refractivity contribution is -0.120. The smallest absolute Gasteiger partial charge is 0.264 e. The number of ether oxygens (including phenoxy) is 1. The van der Waals surface area contributed by atoms with Crippen LogP contribution in [0.25, 0.3) is 0 Å². The number of nitrogens with zero attached hydrogens (tertiary/aromatic N) is 2. The van der Waals surface area contributed by atoms with Gasteiger partial charge in [0.2, 0.25) is 0 Å². The molecular weight excluding hydrogens is 338 g/mol. The van der Waals surface area contributed by atoms with Gasteiger partial charge in [-0.3, -0.25) is 4.79 Å². The number of benzene rings is 2. The summed E-state index contributed by atoms with van der Waals surface area (Å²) in [5.74, 6) is -1.20. The van der Waals surface area contributed by atoms with E-state index in [0.29, 0.717) is 5.69 Å². The highest BCUT2D eigenvalue weighted by Crippen LogP contribution is 2.25. The highest BCUT2D eigenvalue weighted by Gasteiger charge is 2.17. The summed E-state index contributed by atoms with van der Waals surface area (Å²) in [6.07, 6.45) is 0.112. The number of amides is 1. The summed E-state index contributed by atoms with van der Waals surface area (Å²) >= 11 is 5.84. The van der Waals surface area contributed by atoms with Gasteiger partial charge >= 0.3 is 0 Å². The zero-order valence-electron chi connectivity index (χ0n) is 12.5. The van der Waals surface area contributed by atoms with E-state index in [0.717, 1.165) is 6.07 Å². The van der Waals surface area contributed by atoms with Crippen LogP contribution in [0, 0.1) is 23.0 Å². The van der Waals surface area contributed by atoms with E-state index in [-0.39, 0.29) is 30.3 Å². The normalized spacial score (nSPS) is 10.1. The van der Waals surface area contributed by atoms with E-state index in [1.54, 1.807) is 0 Å². The van der Waals surface area contributed by atoms with Crippen LogP contribution < -0.4 is 9.64 Å². The van der Waals surface area contributed by atoms with Gasteiger partial charge in [-0.15, -0.1) is 0 Å². The molecule has 0 aromatic heterocycles. The summed E-state index contributed by atoms with van der Waals surface area (Å²) in [4.78, 5) is 13.7. The second-order valence-electron chi connectivity index (χ2n) is 4.79. The predicted molar refractivity (Wildman–Crippen MR) is 85.9 cm³/mol. The Kier molecular flexibility index (Phi) is 6.10. The van der Waals surface area contributed by atoms with Gasteiger partial charge in [-0.1, -0.05) is 11.6 Å².